The lowest BCUT2D eigenvalue weighted by Gasteiger charge is -2.22. The number of nitrogens with one attached hydrogen (secondary N) is 1. The predicted octanol–water partition coefficient (Wildman–Crippen LogP) is 14.4. The van der Waals surface area contributed by atoms with E-state index in [0.717, 1.165) is 51.4 Å². The molecule has 0 aromatic rings. The van der Waals surface area contributed by atoms with Gasteiger partial charge in [0.2, 0.25) is 5.91 Å². The Morgan fingerprint density at radius 1 is 0.481 bits per heavy atom. The minimum atomic E-state index is -0.660. The van der Waals surface area contributed by atoms with Gasteiger partial charge in [-0.15, -0.1) is 0 Å². The second-order valence-electron chi connectivity index (χ2n) is 15.4. The molecule has 0 bridgehead atoms. The van der Waals surface area contributed by atoms with E-state index in [1.165, 1.54) is 154 Å². The zero-order chi connectivity index (χ0) is 37.8. The van der Waals surface area contributed by atoms with Gasteiger partial charge in [0, 0.05) is 6.42 Å². The summed E-state index contributed by atoms with van der Waals surface area (Å²) in [6, 6.07) is -0.537. The largest absolute Gasteiger partial charge is 0.394 e. The molecule has 4 nitrogen and oxygen atoms in total. The van der Waals surface area contributed by atoms with Crippen molar-refractivity contribution in [3.8, 4) is 0 Å². The second-order valence-corrected chi connectivity index (χ2v) is 15.4. The molecule has 0 aromatic carbocycles. The molecule has 304 valence electrons. The number of amides is 1. The first-order valence-corrected chi connectivity index (χ1v) is 22.8. The van der Waals surface area contributed by atoms with Crippen molar-refractivity contribution in [1.82, 2.24) is 5.32 Å². The van der Waals surface area contributed by atoms with Gasteiger partial charge in [0.1, 0.15) is 0 Å². The minimum absolute atomic E-state index is 0.0342. The Bertz CT molecular complexity index is 831. The fraction of sp³-hybridized carbons (Fsp3) is 0.812. The van der Waals surface area contributed by atoms with Gasteiger partial charge in [0.15, 0.2) is 0 Å². The summed E-state index contributed by atoms with van der Waals surface area (Å²) in [4.78, 5) is 12.4. The number of aliphatic hydroxyl groups excluding tert-OH is 2. The van der Waals surface area contributed by atoms with E-state index in [1.807, 2.05) is 0 Å². The Morgan fingerprint density at radius 3 is 1.27 bits per heavy atom. The molecule has 52 heavy (non-hydrogen) atoms. The highest BCUT2D eigenvalue weighted by Crippen LogP contribution is 2.16. The van der Waals surface area contributed by atoms with Gasteiger partial charge in [-0.05, 0) is 51.4 Å². The predicted molar refractivity (Wildman–Crippen MR) is 230 cm³/mol. The van der Waals surface area contributed by atoms with Crippen LogP contribution in [0.5, 0.6) is 0 Å². The van der Waals surface area contributed by atoms with Crippen LogP contribution in [0.3, 0.4) is 0 Å². The lowest BCUT2D eigenvalue weighted by atomic mass is 10.0. The fourth-order valence-corrected chi connectivity index (χ4v) is 6.88. The van der Waals surface area contributed by atoms with Gasteiger partial charge in [-0.1, -0.05) is 223 Å². The molecule has 0 aliphatic rings. The van der Waals surface area contributed by atoms with Crippen LogP contribution in [0.15, 0.2) is 48.6 Å². The van der Waals surface area contributed by atoms with E-state index < -0.39 is 12.1 Å². The Labute approximate surface area is 324 Å². The van der Waals surface area contributed by atoms with Crippen LogP contribution in [0.4, 0.5) is 0 Å². The van der Waals surface area contributed by atoms with Crippen LogP contribution in [0.25, 0.3) is 0 Å². The number of rotatable bonds is 41. The normalized spacial score (nSPS) is 13.4. The summed E-state index contributed by atoms with van der Waals surface area (Å²) < 4.78 is 0. The monoisotopic (exact) mass is 728 g/mol. The Morgan fingerprint density at radius 2 is 0.846 bits per heavy atom. The quantitative estimate of drug-likeness (QED) is 0.0434. The Balaban J connectivity index is 3.51. The topological polar surface area (TPSA) is 69.6 Å². The van der Waals surface area contributed by atoms with E-state index in [0.29, 0.717) is 12.8 Å². The average Bonchev–Trinajstić information content (AvgIpc) is 3.15. The lowest BCUT2D eigenvalue weighted by molar-refractivity contribution is -0.123. The third-order valence-electron chi connectivity index (χ3n) is 10.4. The first kappa shape index (κ1) is 50.4. The molecule has 3 N–H and O–H groups in total. The molecular formula is C48H89NO3. The molecular weight excluding hydrogens is 639 g/mol. The highest BCUT2D eigenvalue weighted by Gasteiger charge is 2.20. The van der Waals surface area contributed by atoms with Crippen LogP contribution in [-0.2, 0) is 4.79 Å². The SMILES string of the molecule is CC/C=C\C/C=C\C/C=C\C/C=C\CCCCCCCCCCCCCCC(=O)NC(CO)C(O)CCCCCCCCCCCCCCCCC. The van der Waals surface area contributed by atoms with Crippen LogP contribution in [-0.4, -0.2) is 34.9 Å². The van der Waals surface area contributed by atoms with E-state index >= 15 is 0 Å². The third kappa shape index (κ3) is 39.6. The van der Waals surface area contributed by atoms with E-state index in [9.17, 15) is 15.0 Å². The molecule has 0 aromatic heterocycles. The lowest BCUT2D eigenvalue weighted by Crippen LogP contribution is -2.45. The maximum atomic E-state index is 12.4. The van der Waals surface area contributed by atoms with Crippen LogP contribution in [0, 0.1) is 0 Å². The molecule has 0 fully saturated rings. The molecule has 2 unspecified atom stereocenters. The minimum Gasteiger partial charge on any atom is -0.394 e. The molecule has 0 rings (SSSR count). The molecule has 0 radical (unpaired) electrons. The van der Waals surface area contributed by atoms with Gasteiger partial charge in [0.05, 0.1) is 18.8 Å². The van der Waals surface area contributed by atoms with Gasteiger partial charge in [-0.25, -0.2) is 0 Å². The van der Waals surface area contributed by atoms with Crippen molar-refractivity contribution >= 4 is 5.91 Å². The van der Waals surface area contributed by atoms with Gasteiger partial charge in [0.25, 0.3) is 0 Å². The highest BCUT2D eigenvalue weighted by atomic mass is 16.3. The molecule has 4 heteroatoms. The van der Waals surface area contributed by atoms with Crippen LogP contribution >= 0.6 is 0 Å². The van der Waals surface area contributed by atoms with Crippen molar-refractivity contribution in [2.75, 3.05) is 6.61 Å². The van der Waals surface area contributed by atoms with Gasteiger partial charge in [-0.2, -0.15) is 0 Å². The van der Waals surface area contributed by atoms with Crippen molar-refractivity contribution in [3.63, 3.8) is 0 Å². The standard InChI is InChI=1S/C48H89NO3/c1-3-5-7-9-11-13-15-17-19-20-21-22-23-24-25-26-27-28-30-32-34-36-38-40-42-44-48(52)49-46(45-50)47(51)43-41-39-37-35-33-31-29-18-16-14-12-10-8-6-4-2/h5,7,11,13,17,19,21-22,46-47,50-51H,3-4,6,8-10,12,14-16,18,20,23-45H2,1-2H3,(H,49,52)/b7-5-,13-11-,19-17-,22-21-. The summed E-state index contributed by atoms with van der Waals surface area (Å²) in [5.41, 5.74) is 0. The number of hydrogen-bond donors (Lipinski definition) is 3. The molecule has 0 spiro atoms. The van der Waals surface area contributed by atoms with E-state index in [2.05, 4.69) is 67.8 Å². The number of aliphatic hydroxyl groups is 2. The second kappa shape index (κ2) is 43.8. The zero-order valence-corrected chi connectivity index (χ0v) is 34.8. The number of carbonyl (C=O) groups excluding carboxylic acids is 1. The molecule has 0 saturated heterocycles. The van der Waals surface area contributed by atoms with E-state index in [-0.39, 0.29) is 12.5 Å². The van der Waals surface area contributed by atoms with Crippen LogP contribution in [0.2, 0.25) is 0 Å². The van der Waals surface area contributed by atoms with Crippen molar-refractivity contribution in [1.29, 1.82) is 0 Å². The zero-order valence-electron chi connectivity index (χ0n) is 34.8. The average molecular weight is 728 g/mol. The van der Waals surface area contributed by atoms with Crippen molar-refractivity contribution < 1.29 is 15.0 Å². The van der Waals surface area contributed by atoms with Crippen molar-refractivity contribution in [2.45, 2.75) is 244 Å². The molecule has 0 aliphatic carbocycles. The van der Waals surface area contributed by atoms with Crippen LogP contribution < -0.4 is 5.32 Å². The Hall–Kier alpha value is -1.65. The molecule has 1 amide bonds. The summed E-state index contributed by atoms with van der Waals surface area (Å²) in [5, 5.41) is 23.2. The number of hydrogen-bond acceptors (Lipinski definition) is 3. The summed E-state index contributed by atoms with van der Waals surface area (Å²) >= 11 is 0. The number of allylic oxidation sites excluding steroid dienone is 8. The van der Waals surface area contributed by atoms with Crippen molar-refractivity contribution in [3.05, 3.63) is 48.6 Å². The van der Waals surface area contributed by atoms with Gasteiger partial charge >= 0.3 is 0 Å². The van der Waals surface area contributed by atoms with Crippen molar-refractivity contribution in [2.24, 2.45) is 0 Å². The first-order chi connectivity index (χ1) is 25.7. The summed E-state index contributed by atoms with van der Waals surface area (Å²) in [5.74, 6) is -0.0342. The summed E-state index contributed by atoms with van der Waals surface area (Å²) in [6.07, 6.45) is 59.0. The van der Waals surface area contributed by atoms with E-state index in [1.54, 1.807) is 0 Å². The third-order valence-corrected chi connectivity index (χ3v) is 10.4. The number of unbranched alkanes of at least 4 members (excludes halogenated alkanes) is 26. The maximum absolute atomic E-state index is 12.4. The Kier molecular flexibility index (Phi) is 42.4. The summed E-state index contributed by atoms with van der Waals surface area (Å²) in [7, 11) is 0. The van der Waals surface area contributed by atoms with Crippen LogP contribution in [0.1, 0.15) is 232 Å². The smallest absolute Gasteiger partial charge is 0.220 e. The fourth-order valence-electron chi connectivity index (χ4n) is 6.88. The first-order valence-electron chi connectivity index (χ1n) is 22.8. The number of carbonyl (C=O) groups is 1. The van der Waals surface area contributed by atoms with E-state index in [4.69, 9.17) is 0 Å². The highest BCUT2D eigenvalue weighted by molar-refractivity contribution is 5.76. The molecule has 0 heterocycles. The summed E-state index contributed by atoms with van der Waals surface area (Å²) in [6.45, 7) is 4.25. The molecule has 0 aliphatic heterocycles. The maximum Gasteiger partial charge on any atom is 0.220 e. The molecule has 2 atom stereocenters. The van der Waals surface area contributed by atoms with Gasteiger partial charge < -0.3 is 15.5 Å². The van der Waals surface area contributed by atoms with Gasteiger partial charge in [-0.3, -0.25) is 4.79 Å². The molecule has 0 saturated carbocycles.